The van der Waals surface area contributed by atoms with Gasteiger partial charge in [-0.1, -0.05) is 42.8 Å². The third kappa shape index (κ3) is 5.78. The summed E-state index contributed by atoms with van der Waals surface area (Å²) >= 11 is 6.88. The first kappa shape index (κ1) is 29.5. The zero-order valence-corrected chi connectivity index (χ0v) is 26.1. The van der Waals surface area contributed by atoms with Crippen LogP contribution in [-0.4, -0.2) is 83.6 Å². The van der Waals surface area contributed by atoms with Gasteiger partial charge in [-0.3, -0.25) is 4.90 Å². The summed E-state index contributed by atoms with van der Waals surface area (Å²) in [5.41, 5.74) is 0.868. The minimum Gasteiger partial charge on any atom is -0.508 e. The standard InChI is InChI=1S/C34H39ClFN5O3/c1-19(13-40-14-20(2)44-21(3)15-40)18-43-34-38-32-28(33(39-34)41-16-23-8-9-24(17-41)37-23)12-29(35)30(31(32)36)27-11-25(42)10-22-6-4-5-7-26(22)27/h4-7,10-12,19-21,23-24,37,42H,8-9,13-18H2,1-3H3/t19-,20-,21+,23?,24?/m0/s1. The summed E-state index contributed by atoms with van der Waals surface area (Å²) in [7, 11) is 0. The number of benzene rings is 3. The number of aromatic hydroxyl groups is 1. The molecule has 1 aromatic heterocycles. The molecule has 4 heterocycles. The number of phenolic OH excluding ortho intramolecular Hbond substituents is 1. The van der Waals surface area contributed by atoms with Gasteiger partial charge in [-0.15, -0.1) is 0 Å². The van der Waals surface area contributed by atoms with E-state index in [1.54, 1.807) is 18.2 Å². The van der Waals surface area contributed by atoms with E-state index in [1.165, 1.54) is 0 Å². The van der Waals surface area contributed by atoms with Gasteiger partial charge >= 0.3 is 6.01 Å². The first-order valence-electron chi connectivity index (χ1n) is 15.6. The Balaban J connectivity index is 1.27. The first-order chi connectivity index (χ1) is 21.2. The third-order valence-electron chi connectivity index (χ3n) is 9.04. The Morgan fingerprint density at radius 1 is 1.05 bits per heavy atom. The molecule has 2 N–H and O–H groups in total. The monoisotopic (exact) mass is 619 g/mol. The SMILES string of the molecule is C[C@H](COc1nc(N2CC3CCC(C2)N3)c2cc(Cl)c(-c3cc(O)cc4ccccc34)c(F)c2n1)CN1C[C@@H](C)O[C@@H](C)C1. The van der Waals surface area contributed by atoms with Crippen molar-refractivity contribution >= 4 is 39.1 Å². The van der Waals surface area contributed by atoms with Crippen molar-refractivity contribution in [1.29, 1.82) is 0 Å². The highest BCUT2D eigenvalue weighted by molar-refractivity contribution is 6.35. The number of ether oxygens (including phenoxy) is 2. The van der Waals surface area contributed by atoms with E-state index < -0.39 is 5.82 Å². The maximum absolute atomic E-state index is 16.8. The van der Waals surface area contributed by atoms with E-state index in [9.17, 15) is 5.11 Å². The zero-order valence-electron chi connectivity index (χ0n) is 25.4. The van der Waals surface area contributed by atoms with Gasteiger partial charge in [-0.2, -0.15) is 9.97 Å². The molecule has 0 radical (unpaired) electrons. The Labute approximate surface area is 262 Å². The van der Waals surface area contributed by atoms with E-state index >= 15 is 4.39 Å². The van der Waals surface area contributed by atoms with Crippen LogP contribution in [0.15, 0.2) is 42.5 Å². The Hall–Kier alpha value is -3.24. The molecular formula is C34H39ClFN5O3. The van der Waals surface area contributed by atoms with Crippen LogP contribution in [0.3, 0.4) is 0 Å². The number of morpholine rings is 1. The topological polar surface area (TPSA) is 83.0 Å². The molecular weight excluding hydrogens is 581 g/mol. The quantitative estimate of drug-likeness (QED) is 0.260. The van der Waals surface area contributed by atoms with Crippen LogP contribution in [-0.2, 0) is 4.74 Å². The number of anilines is 1. The normalized spacial score (nSPS) is 24.7. The van der Waals surface area contributed by atoms with E-state index in [0.717, 1.165) is 56.3 Å². The first-order valence-corrected chi connectivity index (χ1v) is 16.0. The van der Waals surface area contributed by atoms with E-state index in [4.69, 9.17) is 26.1 Å². The van der Waals surface area contributed by atoms with E-state index in [-0.39, 0.29) is 46.0 Å². The number of aromatic nitrogens is 2. The molecule has 3 aliphatic heterocycles. The minimum atomic E-state index is -0.556. The fourth-order valence-electron chi connectivity index (χ4n) is 7.33. The van der Waals surface area contributed by atoms with Gasteiger partial charge in [0.05, 0.1) is 23.8 Å². The van der Waals surface area contributed by atoms with Gasteiger partial charge in [0.2, 0.25) is 0 Å². The Bertz CT molecular complexity index is 1680. The van der Waals surface area contributed by atoms with Crippen LogP contribution in [0, 0.1) is 11.7 Å². The van der Waals surface area contributed by atoms with E-state index in [1.807, 2.05) is 24.3 Å². The Kier molecular flexibility index (Phi) is 7.99. The van der Waals surface area contributed by atoms with Gasteiger partial charge in [0.25, 0.3) is 0 Å². The Morgan fingerprint density at radius 2 is 1.77 bits per heavy atom. The maximum atomic E-state index is 16.8. The molecule has 5 atom stereocenters. The van der Waals surface area contributed by atoms with Crippen molar-refractivity contribution in [2.75, 3.05) is 44.2 Å². The summed E-state index contributed by atoms with van der Waals surface area (Å²) < 4.78 is 28.9. The lowest BCUT2D eigenvalue weighted by Gasteiger charge is -2.36. The average Bonchev–Trinajstić information content (AvgIpc) is 3.32. The Morgan fingerprint density at radius 3 is 2.52 bits per heavy atom. The van der Waals surface area contributed by atoms with Crippen molar-refractivity contribution < 1.29 is 19.0 Å². The highest BCUT2D eigenvalue weighted by atomic mass is 35.5. The van der Waals surface area contributed by atoms with Crippen molar-refractivity contribution in [3.63, 3.8) is 0 Å². The number of hydrogen-bond donors (Lipinski definition) is 2. The molecule has 4 aromatic rings. The average molecular weight is 620 g/mol. The second-order valence-corrected chi connectivity index (χ2v) is 13.3. The van der Waals surface area contributed by atoms with Crippen LogP contribution in [0.5, 0.6) is 11.8 Å². The molecule has 7 rings (SSSR count). The molecule has 3 aliphatic rings. The number of fused-ring (bicyclic) bond motifs is 4. The number of phenols is 1. The van der Waals surface area contributed by atoms with E-state index in [0.29, 0.717) is 35.5 Å². The molecule has 0 spiro atoms. The summed E-state index contributed by atoms with van der Waals surface area (Å²) in [5, 5.41) is 16.5. The number of nitrogens with one attached hydrogen (secondary N) is 1. The minimum absolute atomic E-state index is 0.0380. The fourth-order valence-corrected chi connectivity index (χ4v) is 7.62. The van der Waals surface area contributed by atoms with Gasteiger partial charge in [0.1, 0.15) is 17.1 Å². The molecule has 0 aliphatic carbocycles. The van der Waals surface area contributed by atoms with Crippen molar-refractivity contribution in [1.82, 2.24) is 20.2 Å². The van der Waals surface area contributed by atoms with Gasteiger partial charge in [-0.25, -0.2) is 4.39 Å². The summed E-state index contributed by atoms with van der Waals surface area (Å²) in [4.78, 5) is 14.2. The van der Waals surface area contributed by atoms with Crippen LogP contribution in [0.2, 0.25) is 5.02 Å². The van der Waals surface area contributed by atoms with Crippen LogP contribution in [0.1, 0.15) is 33.6 Å². The molecule has 232 valence electrons. The molecule has 0 amide bonds. The van der Waals surface area contributed by atoms with Crippen molar-refractivity contribution in [3.8, 4) is 22.9 Å². The van der Waals surface area contributed by atoms with E-state index in [2.05, 4.69) is 40.9 Å². The summed E-state index contributed by atoms with van der Waals surface area (Å²) in [6.45, 7) is 10.9. The van der Waals surface area contributed by atoms with Crippen LogP contribution < -0.4 is 15.0 Å². The lowest BCUT2D eigenvalue weighted by atomic mass is 9.96. The lowest BCUT2D eigenvalue weighted by molar-refractivity contribution is -0.0720. The number of nitrogens with zero attached hydrogens (tertiary/aromatic N) is 4. The van der Waals surface area contributed by atoms with Gasteiger partial charge < -0.3 is 24.8 Å². The maximum Gasteiger partial charge on any atom is 0.319 e. The molecule has 0 saturated carbocycles. The molecule has 44 heavy (non-hydrogen) atoms. The number of halogens is 2. The highest BCUT2D eigenvalue weighted by Gasteiger charge is 2.34. The highest BCUT2D eigenvalue weighted by Crippen LogP contribution is 2.43. The second-order valence-electron chi connectivity index (χ2n) is 12.9. The molecule has 8 nitrogen and oxygen atoms in total. The van der Waals surface area contributed by atoms with Gasteiger partial charge in [0, 0.05) is 61.7 Å². The second kappa shape index (κ2) is 11.9. The molecule has 3 aromatic carbocycles. The summed E-state index contributed by atoms with van der Waals surface area (Å²) in [6, 6.07) is 13.4. The lowest BCUT2D eigenvalue weighted by Crippen LogP contribution is -2.51. The van der Waals surface area contributed by atoms with Crippen LogP contribution >= 0.6 is 11.6 Å². The van der Waals surface area contributed by atoms with Crippen molar-refractivity contribution in [2.24, 2.45) is 5.92 Å². The predicted molar refractivity (Wildman–Crippen MR) is 172 cm³/mol. The van der Waals surface area contributed by atoms with Gasteiger partial charge in [0.15, 0.2) is 5.82 Å². The molecule has 2 bridgehead atoms. The molecule has 2 unspecified atom stereocenters. The van der Waals surface area contributed by atoms with Crippen LogP contribution in [0.4, 0.5) is 10.2 Å². The zero-order chi connectivity index (χ0) is 30.5. The third-order valence-corrected chi connectivity index (χ3v) is 9.33. The molecule has 3 fully saturated rings. The number of rotatable bonds is 7. The smallest absolute Gasteiger partial charge is 0.319 e. The summed E-state index contributed by atoms with van der Waals surface area (Å²) in [6.07, 6.45) is 2.60. The van der Waals surface area contributed by atoms with Gasteiger partial charge in [-0.05, 0) is 61.2 Å². The molecule has 3 saturated heterocycles. The predicted octanol–water partition coefficient (Wildman–Crippen LogP) is 6.01. The summed E-state index contributed by atoms with van der Waals surface area (Å²) in [5.74, 6) is 0.324. The number of piperazine rings is 1. The fraction of sp³-hybridized carbons (Fsp3) is 0.471. The van der Waals surface area contributed by atoms with Crippen molar-refractivity contribution in [2.45, 2.75) is 57.9 Å². The largest absolute Gasteiger partial charge is 0.508 e. The van der Waals surface area contributed by atoms with Crippen molar-refractivity contribution in [3.05, 3.63) is 53.3 Å². The van der Waals surface area contributed by atoms with Crippen LogP contribution in [0.25, 0.3) is 32.8 Å². The number of hydrogen-bond acceptors (Lipinski definition) is 8. The molecule has 10 heteroatoms.